The monoisotopic (exact) mass is 278 g/mol. The molecule has 19 heavy (non-hydrogen) atoms. The van der Waals surface area contributed by atoms with Gasteiger partial charge in [0.15, 0.2) is 0 Å². The summed E-state index contributed by atoms with van der Waals surface area (Å²) in [5, 5.41) is 22.1. The van der Waals surface area contributed by atoms with Crippen molar-refractivity contribution in [3.05, 3.63) is 64.7 Å². The predicted molar refractivity (Wildman–Crippen MR) is 75.0 cm³/mol. The van der Waals surface area contributed by atoms with Gasteiger partial charge in [-0.2, -0.15) is 0 Å². The van der Waals surface area contributed by atoms with Gasteiger partial charge in [-0.3, -0.25) is 0 Å². The van der Waals surface area contributed by atoms with Gasteiger partial charge in [0, 0.05) is 10.6 Å². The van der Waals surface area contributed by atoms with Crippen LogP contribution in [0.5, 0.6) is 5.75 Å². The zero-order valence-corrected chi connectivity index (χ0v) is 11.2. The summed E-state index contributed by atoms with van der Waals surface area (Å²) in [6.45, 7) is 1.33. The molecule has 2 aromatic carbocycles. The number of aliphatic hydroxyl groups is 1. The Morgan fingerprint density at radius 2 is 1.84 bits per heavy atom. The van der Waals surface area contributed by atoms with Crippen molar-refractivity contribution in [3.8, 4) is 5.75 Å². The predicted octanol–water partition coefficient (Wildman–Crippen LogP) is 1.84. The van der Waals surface area contributed by atoms with Gasteiger partial charge in [-0.15, -0.1) is 0 Å². The summed E-state index contributed by atoms with van der Waals surface area (Å²) in [5.74, 6) is 0.175. The first kappa shape index (κ1) is 13.9. The highest BCUT2D eigenvalue weighted by Gasteiger charge is 2.09. The molecule has 0 fully saturated rings. The van der Waals surface area contributed by atoms with E-state index in [9.17, 15) is 10.2 Å². The number of aliphatic hydroxyl groups excluding tert-OH is 1. The summed E-state index contributed by atoms with van der Waals surface area (Å²) in [4.78, 5) is 0. The molecule has 0 aliphatic heterocycles. The van der Waals surface area contributed by atoms with Crippen molar-refractivity contribution in [2.75, 3.05) is 6.54 Å². The molecule has 2 aromatic rings. The largest absolute Gasteiger partial charge is 0.508 e. The molecule has 4 N–H and O–H groups in total. The number of nitrogens with two attached hydrogens (primary N) is 1. The first-order valence-corrected chi connectivity index (χ1v) is 6.56. The number of hydrogen-bond donors (Lipinski definition) is 3. The zero-order chi connectivity index (χ0) is 13.7. The third-order valence-corrected chi connectivity index (χ3v) is 3.19. The van der Waals surface area contributed by atoms with E-state index in [-0.39, 0.29) is 5.75 Å². The Labute approximate surface area is 117 Å². The summed E-state index contributed by atoms with van der Waals surface area (Å²) in [5.41, 5.74) is 1.89. The second-order valence-corrected chi connectivity index (χ2v) is 4.90. The smallest absolute Gasteiger partial charge is 0.128 e. The minimum absolute atomic E-state index is 0.175. The maximum absolute atomic E-state index is 10.0. The summed E-state index contributed by atoms with van der Waals surface area (Å²) in [7, 11) is 0. The molecule has 0 spiro atoms. The molecule has 0 aliphatic carbocycles. The average Bonchev–Trinajstić information content (AvgIpc) is 2.41. The lowest BCUT2D eigenvalue weighted by Gasteiger charge is -2.10. The van der Waals surface area contributed by atoms with Gasteiger partial charge in [0.2, 0.25) is 0 Å². The van der Waals surface area contributed by atoms with E-state index in [0.717, 1.165) is 22.7 Å². The molecular formula is C15H17ClNO2+. The highest BCUT2D eigenvalue weighted by molar-refractivity contribution is 6.30. The van der Waals surface area contributed by atoms with Crippen LogP contribution in [0.1, 0.15) is 17.2 Å². The fourth-order valence-electron chi connectivity index (χ4n) is 1.90. The maximum atomic E-state index is 10.0. The number of quaternary nitrogens is 1. The zero-order valence-electron chi connectivity index (χ0n) is 10.5. The molecule has 1 atom stereocenters. The van der Waals surface area contributed by atoms with Crippen LogP contribution in [-0.2, 0) is 6.54 Å². The van der Waals surface area contributed by atoms with Gasteiger partial charge in [-0.1, -0.05) is 35.9 Å². The van der Waals surface area contributed by atoms with E-state index in [1.807, 2.05) is 29.6 Å². The fourth-order valence-corrected chi connectivity index (χ4v) is 2.02. The molecule has 4 heteroatoms. The molecule has 2 rings (SSSR count). The van der Waals surface area contributed by atoms with E-state index in [0.29, 0.717) is 6.54 Å². The van der Waals surface area contributed by atoms with Crippen molar-refractivity contribution >= 4 is 11.6 Å². The van der Waals surface area contributed by atoms with Gasteiger partial charge in [-0.25, -0.2) is 0 Å². The molecule has 0 aliphatic rings. The molecule has 0 unspecified atom stereocenters. The van der Waals surface area contributed by atoms with Gasteiger partial charge in [0.05, 0.1) is 0 Å². The molecule has 0 saturated heterocycles. The van der Waals surface area contributed by atoms with Gasteiger partial charge >= 0.3 is 0 Å². The SMILES string of the molecule is Oc1cccc([C@H](O)C[NH2+]Cc2ccc(Cl)cc2)c1. The van der Waals surface area contributed by atoms with Crippen molar-refractivity contribution in [1.29, 1.82) is 0 Å². The summed E-state index contributed by atoms with van der Waals surface area (Å²) in [6.07, 6.45) is -0.584. The van der Waals surface area contributed by atoms with Crippen LogP contribution in [0.2, 0.25) is 5.02 Å². The number of rotatable bonds is 5. The van der Waals surface area contributed by atoms with Crippen LogP contribution in [-0.4, -0.2) is 16.8 Å². The van der Waals surface area contributed by atoms with Gasteiger partial charge < -0.3 is 15.5 Å². The Balaban J connectivity index is 1.84. The molecule has 100 valence electrons. The summed E-state index contributed by atoms with van der Waals surface area (Å²) in [6, 6.07) is 14.4. The van der Waals surface area contributed by atoms with Gasteiger partial charge in [0.25, 0.3) is 0 Å². The maximum Gasteiger partial charge on any atom is 0.128 e. The molecule has 0 bridgehead atoms. The quantitative estimate of drug-likeness (QED) is 0.782. The number of benzene rings is 2. The normalized spacial score (nSPS) is 12.3. The second kappa shape index (κ2) is 6.57. The van der Waals surface area contributed by atoms with Gasteiger partial charge in [0.1, 0.15) is 24.9 Å². The lowest BCUT2D eigenvalue weighted by Crippen LogP contribution is -2.83. The number of hydrogen-bond acceptors (Lipinski definition) is 2. The molecule has 0 amide bonds. The standard InChI is InChI=1S/C15H16ClNO2/c16-13-6-4-11(5-7-13)9-17-10-15(19)12-2-1-3-14(18)8-12/h1-8,15,17-19H,9-10H2/p+1/t15-/m1/s1. The Bertz CT molecular complexity index is 528. The Hall–Kier alpha value is -1.55. The van der Waals surface area contributed by atoms with Crippen molar-refractivity contribution < 1.29 is 15.5 Å². The number of phenolic OH excluding ortho intramolecular Hbond substituents is 1. The third-order valence-electron chi connectivity index (χ3n) is 2.94. The van der Waals surface area contributed by atoms with Crippen LogP contribution in [0.15, 0.2) is 48.5 Å². The van der Waals surface area contributed by atoms with E-state index in [2.05, 4.69) is 0 Å². The Morgan fingerprint density at radius 1 is 1.11 bits per heavy atom. The van der Waals surface area contributed by atoms with Crippen LogP contribution in [0.3, 0.4) is 0 Å². The van der Waals surface area contributed by atoms with Crippen LogP contribution >= 0.6 is 11.6 Å². The van der Waals surface area contributed by atoms with Crippen molar-refractivity contribution in [1.82, 2.24) is 0 Å². The van der Waals surface area contributed by atoms with Crippen molar-refractivity contribution in [3.63, 3.8) is 0 Å². The third kappa shape index (κ3) is 4.24. The first-order valence-electron chi connectivity index (χ1n) is 6.18. The lowest BCUT2D eigenvalue weighted by molar-refractivity contribution is -0.677. The van der Waals surface area contributed by atoms with Crippen LogP contribution in [0.4, 0.5) is 0 Å². The van der Waals surface area contributed by atoms with E-state index in [1.54, 1.807) is 24.3 Å². The van der Waals surface area contributed by atoms with Crippen LogP contribution in [0, 0.1) is 0 Å². The van der Waals surface area contributed by atoms with E-state index in [4.69, 9.17) is 11.6 Å². The lowest BCUT2D eigenvalue weighted by atomic mass is 10.1. The van der Waals surface area contributed by atoms with Crippen molar-refractivity contribution in [2.45, 2.75) is 12.6 Å². The molecule has 0 radical (unpaired) electrons. The summed E-state index contributed by atoms with van der Waals surface area (Å²) >= 11 is 5.82. The Kier molecular flexibility index (Phi) is 4.80. The molecule has 0 saturated carbocycles. The summed E-state index contributed by atoms with van der Waals surface area (Å²) < 4.78 is 0. The minimum Gasteiger partial charge on any atom is -0.508 e. The molecule has 3 nitrogen and oxygen atoms in total. The van der Waals surface area contributed by atoms with Gasteiger partial charge in [-0.05, 0) is 29.8 Å². The topological polar surface area (TPSA) is 57.1 Å². The number of halogens is 1. The molecular weight excluding hydrogens is 262 g/mol. The van der Waals surface area contributed by atoms with E-state index < -0.39 is 6.10 Å². The fraction of sp³-hybridized carbons (Fsp3) is 0.200. The van der Waals surface area contributed by atoms with Crippen LogP contribution in [0.25, 0.3) is 0 Å². The van der Waals surface area contributed by atoms with E-state index >= 15 is 0 Å². The Morgan fingerprint density at radius 3 is 2.53 bits per heavy atom. The highest BCUT2D eigenvalue weighted by atomic mass is 35.5. The molecule has 0 aromatic heterocycles. The molecule has 0 heterocycles. The average molecular weight is 279 g/mol. The van der Waals surface area contributed by atoms with Crippen LogP contribution < -0.4 is 5.32 Å². The minimum atomic E-state index is -0.584. The number of aromatic hydroxyl groups is 1. The van der Waals surface area contributed by atoms with Crippen molar-refractivity contribution in [2.24, 2.45) is 0 Å². The second-order valence-electron chi connectivity index (χ2n) is 4.47. The highest BCUT2D eigenvalue weighted by Crippen LogP contribution is 2.16. The number of phenols is 1. The first-order chi connectivity index (χ1) is 9.15. The van der Waals surface area contributed by atoms with E-state index in [1.165, 1.54) is 0 Å².